The molecule has 0 spiro atoms. The van der Waals surface area contributed by atoms with Crippen LogP contribution in [0.15, 0.2) is 0 Å². The van der Waals surface area contributed by atoms with E-state index in [-0.39, 0.29) is 45.2 Å². The zero-order chi connectivity index (χ0) is 74.2. The minimum atomic E-state index is -1.99. The number of carbonyl (C=O) groups is 16. The van der Waals surface area contributed by atoms with Crippen LogP contribution < -0.4 is 98.2 Å². The summed E-state index contributed by atoms with van der Waals surface area (Å²) in [6.07, 6.45) is -3.34. The Hall–Kier alpha value is -9.37. The molecule has 0 aliphatic carbocycles. The summed E-state index contributed by atoms with van der Waals surface area (Å²) in [5.41, 5.74) is 33.4. The van der Waals surface area contributed by atoms with Crippen LogP contribution in [0.4, 0.5) is 0 Å². The highest BCUT2D eigenvalue weighted by molar-refractivity contribution is 6.00. The normalized spacial score (nSPS) is 15.3. The number of unbranched alkanes of at least 4 members (excludes halogenated alkanes) is 3. The molecule has 0 fully saturated rings. The minimum Gasteiger partial charge on any atom is -0.481 e. The predicted octanol–water partition coefficient (Wildman–Crippen LogP) is -7.61. The maximum absolute atomic E-state index is 14.2. The fourth-order valence-corrected chi connectivity index (χ4v) is 9.07. The lowest BCUT2D eigenvalue weighted by Gasteiger charge is -2.28. The number of nitrogens with two attached hydrogens (primary N) is 6. The summed E-state index contributed by atoms with van der Waals surface area (Å²) in [5.74, 6) is -19.9. The first-order chi connectivity index (χ1) is 45.4. The van der Waals surface area contributed by atoms with E-state index < -0.39 is 224 Å². The first-order valence-electron chi connectivity index (χ1n) is 31.9. The van der Waals surface area contributed by atoms with Crippen LogP contribution in [0.5, 0.6) is 0 Å². The van der Waals surface area contributed by atoms with Crippen molar-refractivity contribution in [3.63, 3.8) is 0 Å². The van der Waals surface area contributed by atoms with Crippen molar-refractivity contribution in [2.45, 2.75) is 236 Å². The molecule has 0 unspecified atom stereocenters. The summed E-state index contributed by atoms with van der Waals surface area (Å²) in [6, 6.07) is -19.4. The highest BCUT2D eigenvalue weighted by Gasteiger charge is 2.38. The minimum absolute atomic E-state index is 0.0187. The van der Waals surface area contributed by atoms with Crippen molar-refractivity contribution >= 4 is 101 Å². The number of carboxylic acids is 3. The number of hydrogen-bond donors (Lipinski definition) is 23. The van der Waals surface area contributed by atoms with E-state index in [0.717, 1.165) is 20.8 Å². The van der Waals surface area contributed by atoms with Crippen molar-refractivity contribution in [2.24, 2.45) is 40.3 Å². The molecule has 0 rings (SSSR count). The number of primary amides is 2. The number of guanidine groups is 1. The molecule has 0 bridgehead atoms. The molecule has 39 heteroatoms. The summed E-state index contributed by atoms with van der Waals surface area (Å²) in [5, 5.41) is 75.0. The van der Waals surface area contributed by atoms with E-state index in [1.54, 1.807) is 13.8 Å². The molecular formula is C58H103N19O20. The molecule has 0 aromatic heterocycles. The van der Waals surface area contributed by atoms with Gasteiger partial charge in [0.05, 0.1) is 25.0 Å². The van der Waals surface area contributed by atoms with Crippen LogP contribution in [0.2, 0.25) is 0 Å². The third kappa shape index (κ3) is 35.8. The van der Waals surface area contributed by atoms with Crippen molar-refractivity contribution in [1.82, 2.24) is 63.8 Å². The quantitative estimate of drug-likeness (QED) is 0.0153. The van der Waals surface area contributed by atoms with Crippen LogP contribution in [0.25, 0.3) is 0 Å². The van der Waals surface area contributed by atoms with Gasteiger partial charge in [-0.3, -0.25) is 77.3 Å². The van der Waals surface area contributed by atoms with Gasteiger partial charge in [0.15, 0.2) is 5.96 Å². The van der Waals surface area contributed by atoms with Gasteiger partial charge in [0, 0.05) is 19.4 Å². The Labute approximate surface area is 561 Å². The van der Waals surface area contributed by atoms with Gasteiger partial charge >= 0.3 is 17.9 Å². The second-order valence-corrected chi connectivity index (χ2v) is 23.3. The third-order valence-corrected chi connectivity index (χ3v) is 15.0. The van der Waals surface area contributed by atoms with E-state index >= 15 is 0 Å². The zero-order valence-electron chi connectivity index (χ0n) is 55.7. The first-order valence-corrected chi connectivity index (χ1v) is 31.9. The summed E-state index contributed by atoms with van der Waals surface area (Å²) >= 11 is 0. The van der Waals surface area contributed by atoms with Crippen LogP contribution in [-0.4, -0.2) is 219 Å². The highest BCUT2D eigenvalue weighted by Crippen LogP contribution is 2.13. The first kappa shape index (κ1) is 87.6. The average Bonchev–Trinajstić information content (AvgIpc) is 1.26. The van der Waals surface area contributed by atoms with E-state index in [1.807, 2.05) is 6.92 Å². The summed E-state index contributed by atoms with van der Waals surface area (Å²) in [6.45, 7) is 8.91. The Morgan fingerprint density at radius 1 is 0.402 bits per heavy atom. The van der Waals surface area contributed by atoms with Gasteiger partial charge in [0.2, 0.25) is 76.8 Å². The molecule has 13 amide bonds. The van der Waals surface area contributed by atoms with Crippen LogP contribution in [0.3, 0.4) is 0 Å². The second-order valence-electron chi connectivity index (χ2n) is 23.3. The number of rotatable bonds is 51. The Balaban J connectivity index is 6.80. The van der Waals surface area contributed by atoms with Crippen molar-refractivity contribution in [1.29, 1.82) is 5.41 Å². The number of carbonyl (C=O) groups excluding carboxylic acids is 13. The molecule has 0 saturated carbocycles. The van der Waals surface area contributed by atoms with E-state index in [2.05, 4.69) is 63.8 Å². The molecule has 0 aromatic carbocycles. The fraction of sp³-hybridized carbons (Fsp3) is 0.707. The Kier molecular flexibility index (Phi) is 42.2. The van der Waals surface area contributed by atoms with E-state index in [4.69, 9.17) is 39.8 Å². The summed E-state index contributed by atoms with van der Waals surface area (Å²) < 4.78 is 0. The van der Waals surface area contributed by atoms with Gasteiger partial charge < -0.3 is 119 Å². The van der Waals surface area contributed by atoms with Crippen LogP contribution >= 0.6 is 0 Å². The molecule has 39 nitrogen and oxygen atoms in total. The molecule has 97 heavy (non-hydrogen) atoms. The van der Waals surface area contributed by atoms with Crippen molar-refractivity contribution in [3.8, 4) is 0 Å². The van der Waals surface area contributed by atoms with Crippen molar-refractivity contribution in [3.05, 3.63) is 0 Å². The number of hydrogen-bond acceptors (Lipinski definition) is 21. The molecule has 0 aliphatic rings. The number of nitrogens with one attached hydrogen (secondary N) is 13. The van der Waals surface area contributed by atoms with Crippen molar-refractivity contribution in [2.75, 3.05) is 19.6 Å². The lowest BCUT2D eigenvalue weighted by molar-refractivity contribution is -0.143. The standard InChI is InChI=1S/C58H103N19O20/c1-7-9-16-37(57(96)97)73-51(90)33(17-11-13-24-60)72-56(95)45(31(6)78)77-47(86)30(5)68-49(88)34(18-14-25-66-58(64)65)69-52(91)35(19-21-40(62)79)70-53(92)38(26-41(63)80)74-46(85)29(4)67-50(89)36(20-22-42(81)82)71-54(93)39(27-43(83)84)75-55(94)44(28(3)8-2)76-48(87)32(61)15-10-12-23-59/h28-39,44-45,78H,7-27,59-61H2,1-6H3,(H2,62,79)(H2,63,80)(H,67,89)(H,68,88)(H,69,91)(H,70,92)(H,71,93)(H,72,95)(H,73,90)(H,74,85)(H,75,94)(H,76,87)(H,77,86)(H,81,82)(H,83,84)(H,96,97)(H4,64,65,66)/t28-,29-,30-,31+,32-,33-,34-,35-,36-,37-,38-,39-,44-,45-/m0/s1. The largest absolute Gasteiger partial charge is 0.481 e. The fourth-order valence-electron chi connectivity index (χ4n) is 9.07. The van der Waals surface area contributed by atoms with Gasteiger partial charge in [-0.1, -0.05) is 46.5 Å². The second kappa shape index (κ2) is 46.7. The molecule has 14 atom stereocenters. The Morgan fingerprint density at radius 2 is 0.794 bits per heavy atom. The molecule has 0 saturated heterocycles. The number of carboxylic acid groups (broad SMARTS) is 3. The smallest absolute Gasteiger partial charge is 0.326 e. The topological polar surface area (TPSA) is 678 Å². The van der Waals surface area contributed by atoms with E-state index in [1.165, 1.54) is 0 Å². The molecular weight excluding hydrogens is 1280 g/mol. The van der Waals surface area contributed by atoms with Gasteiger partial charge in [0.1, 0.15) is 66.5 Å². The Morgan fingerprint density at radius 3 is 1.24 bits per heavy atom. The van der Waals surface area contributed by atoms with Gasteiger partial charge in [-0.2, -0.15) is 0 Å². The van der Waals surface area contributed by atoms with Gasteiger partial charge in [0.25, 0.3) is 0 Å². The lowest BCUT2D eigenvalue weighted by atomic mass is 9.97. The molecule has 0 aromatic rings. The number of amides is 13. The van der Waals surface area contributed by atoms with E-state index in [0.29, 0.717) is 51.5 Å². The monoisotopic (exact) mass is 1390 g/mol. The molecule has 0 heterocycles. The number of aliphatic carboxylic acids is 3. The van der Waals surface area contributed by atoms with Crippen LogP contribution in [0.1, 0.15) is 157 Å². The maximum Gasteiger partial charge on any atom is 0.326 e. The maximum atomic E-state index is 14.2. The summed E-state index contributed by atoms with van der Waals surface area (Å²) in [4.78, 5) is 211. The predicted molar refractivity (Wildman–Crippen MR) is 345 cm³/mol. The van der Waals surface area contributed by atoms with E-state index in [9.17, 15) is 97.1 Å². The highest BCUT2D eigenvalue weighted by atomic mass is 16.4. The number of aliphatic hydroxyl groups is 1. The van der Waals surface area contributed by atoms with Gasteiger partial charge in [-0.05, 0) is 104 Å². The SMILES string of the molecule is CCCC[C@H](NC(=O)[C@H](CCCCN)NC(=O)[C@@H](NC(=O)[C@H](C)NC(=O)[C@H](CCCNC(=N)N)NC(=O)[C@H](CCC(N)=O)NC(=O)[C@H](CC(N)=O)NC(=O)[C@H](C)NC(=O)[C@H](CCC(=O)O)NC(=O)[C@H](CC(=O)O)NC(=O)[C@@H](NC(=O)[C@@H](N)CCCCN)[C@@H](C)CC)[C@@H](C)O)C(=O)O. The zero-order valence-corrected chi connectivity index (χ0v) is 55.7. The lowest BCUT2D eigenvalue weighted by Crippen LogP contribution is -2.61. The molecule has 0 aliphatic heterocycles. The average molecular weight is 1390 g/mol. The van der Waals surface area contributed by atoms with Gasteiger partial charge in [-0.25, -0.2) is 4.79 Å². The van der Waals surface area contributed by atoms with Crippen LogP contribution in [-0.2, 0) is 76.7 Å². The summed E-state index contributed by atoms with van der Waals surface area (Å²) in [7, 11) is 0. The van der Waals surface area contributed by atoms with Gasteiger partial charge in [-0.15, -0.1) is 0 Å². The number of aliphatic hydroxyl groups excluding tert-OH is 1. The molecule has 0 radical (unpaired) electrons. The van der Waals surface area contributed by atoms with Crippen LogP contribution in [0, 0.1) is 11.3 Å². The molecule has 550 valence electrons. The molecule has 29 N–H and O–H groups in total. The third-order valence-electron chi connectivity index (χ3n) is 15.0. The Bertz CT molecular complexity index is 2710. The van der Waals surface area contributed by atoms with Crippen molar-refractivity contribution < 1.29 is 97.1 Å².